The van der Waals surface area contributed by atoms with Gasteiger partial charge in [0, 0.05) is 24.4 Å². The number of ether oxygens (including phenoxy) is 2. The van der Waals surface area contributed by atoms with Crippen LogP contribution < -0.4 is 0 Å². The number of rotatable bonds is 3. The minimum atomic E-state index is -0.475. The zero-order chi connectivity index (χ0) is 27.2. The second kappa shape index (κ2) is 8.56. The Bertz CT molecular complexity index is 965. The van der Waals surface area contributed by atoms with Crippen LogP contribution in [0.15, 0.2) is 11.6 Å². The van der Waals surface area contributed by atoms with Gasteiger partial charge in [-0.15, -0.1) is 0 Å². The summed E-state index contributed by atoms with van der Waals surface area (Å²) in [6.07, 6.45) is 12.4. The molecule has 0 heterocycles. The van der Waals surface area contributed by atoms with Crippen LogP contribution in [0.4, 0.5) is 0 Å². The molecule has 4 nitrogen and oxygen atoms in total. The largest absolute Gasteiger partial charge is 0.460 e. The molecule has 37 heavy (non-hydrogen) atoms. The van der Waals surface area contributed by atoms with Crippen LogP contribution in [0.2, 0.25) is 0 Å². The molecule has 9 atom stereocenters. The lowest BCUT2D eigenvalue weighted by molar-refractivity contribution is -0.248. The quantitative estimate of drug-likeness (QED) is 0.316. The highest BCUT2D eigenvalue weighted by Crippen LogP contribution is 2.75. The Morgan fingerprint density at radius 1 is 0.973 bits per heavy atom. The van der Waals surface area contributed by atoms with Crippen molar-refractivity contribution in [3.8, 4) is 0 Å². The molecule has 5 aliphatic carbocycles. The Kier molecular flexibility index (Phi) is 6.41. The van der Waals surface area contributed by atoms with E-state index in [0.717, 1.165) is 12.8 Å². The van der Waals surface area contributed by atoms with E-state index in [1.165, 1.54) is 45.6 Å². The summed E-state index contributed by atoms with van der Waals surface area (Å²) in [5.74, 6) is 1.10. The fourth-order valence-corrected chi connectivity index (χ4v) is 10.9. The van der Waals surface area contributed by atoms with E-state index in [2.05, 4.69) is 61.5 Å². The molecule has 0 aromatic heterocycles. The normalized spacial score (nSPS) is 50.0. The number of carbonyl (C=O) groups excluding carboxylic acids is 1. The third-order valence-electron chi connectivity index (χ3n) is 13.7. The van der Waals surface area contributed by atoms with Crippen LogP contribution in [0.1, 0.15) is 113 Å². The lowest BCUT2D eigenvalue weighted by Gasteiger charge is -2.72. The number of hydrogen-bond acceptors (Lipinski definition) is 4. The molecule has 0 aromatic carbocycles. The summed E-state index contributed by atoms with van der Waals surface area (Å²) in [6.45, 7) is 19.6. The maximum atomic E-state index is 12.4. The van der Waals surface area contributed by atoms with Gasteiger partial charge in [-0.25, -0.2) is 4.79 Å². The summed E-state index contributed by atoms with van der Waals surface area (Å²) in [4.78, 5) is 12.4. The van der Waals surface area contributed by atoms with Gasteiger partial charge in [0.25, 0.3) is 0 Å². The van der Waals surface area contributed by atoms with E-state index in [-0.39, 0.29) is 40.3 Å². The molecule has 4 heteroatoms. The van der Waals surface area contributed by atoms with Crippen molar-refractivity contribution >= 4 is 5.97 Å². The second-order valence-corrected chi connectivity index (χ2v) is 16.2. The van der Waals surface area contributed by atoms with Gasteiger partial charge >= 0.3 is 5.97 Å². The van der Waals surface area contributed by atoms with Crippen LogP contribution in [-0.4, -0.2) is 37.0 Å². The number of carbonyl (C=O) groups is 1. The first-order valence-corrected chi connectivity index (χ1v) is 15.1. The predicted molar refractivity (Wildman–Crippen MR) is 148 cm³/mol. The van der Waals surface area contributed by atoms with Crippen molar-refractivity contribution in [1.29, 1.82) is 0 Å². The molecule has 210 valence electrons. The lowest BCUT2D eigenvalue weighted by atomic mass is 9.33. The number of allylic oxidation sites excluding steroid dienone is 2. The van der Waals surface area contributed by atoms with Crippen molar-refractivity contribution in [2.45, 2.75) is 125 Å². The van der Waals surface area contributed by atoms with Gasteiger partial charge < -0.3 is 14.6 Å². The minimum absolute atomic E-state index is 0.0336. The Morgan fingerprint density at radius 2 is 1.65 bits per heavy atom. The fraction of sp³-hybridized carbons (Fsp3) is 0.909. The monoisotopic (exact) mass is 514 g/mol. The standard InChI is InChI=1S/C33H54O4/c1-28(2)14-15-30(5)16-17-31(6)21(22(30)19-28)10-11-24-32(31,7)13-12-23-29(3,4)26(37-27(35)20-36-9)18-25(34)33(23,24)8/h10,22-26,34H,11-20H2,1-9H3/t22-,23?,24+,25-,26+,30-,31-,32-,33+/m1/s1. The van der Waals surface area contributed by atoms with E-state index in [4.69, 9.17) is 9.47 Å². The molecular formula is C33H54O4. The molecule has 0 amide bonds. The van der Waals surface area contributed by atoms with Crippen molar-refractivity contribution < 1.29 is 19.4 Å². The topological polar surface area (TPSA) is 55.8 Å². The SMILES string of the molecule is COCC(=O)O[C@H]1C[C@@H](O)[C@@]2(C)C(CC[C@]3(C)[C@@H]2CC=C2[C@H]4CC(C)(C)CC[C@]4(C)CC[C@]23C)C1(C)C. The van der Waals surface area contributed by atoms with Crippen molar-refractivity contribution in [2.75, 3.05) is 13.7 Å². The van der Waals surface area contributed by atoms with Crippen LogP contribution in [-0.2, 0) is 14.3 Å². The molecule has 0 saturated heterocycles. The number of aliphatic hydroxyl groups excluding tert-OH is 1. The first-order chi connectivity index (χ1) is 17.1. The van der Waals surface area contributed by atoms with Gasteiger partial charge in [0.05, 0.1) is 6.10 Å². The third-order valence-corrected chi connectivity index (χ3v) is 13.7. The smallest absolute Gasteiger partial charge is 0.332 e. The summed E-state index contributed by atoms with van der Waals surface area (Å²) in [5.41, 5.74) is 2.60. The van der Waals surface area contributed by atoms with Gasteiger partial charge in [-0.2, -0.15) is 0 Å². The number of aliphatic hydroxyl groups is 1. The average Bonchev–Trinajstić information content (AvgIpc) is 2.79. The molecule has 1 unspecified atom stereocenters. The molecule has 5 rings (SSSR count). The maximum absolute atomic E-state index is 12.4. The molecular weight excluding hydrogens is 460 g/mol. The Hall–Kier alpha value is -0.870. The first-order valence-electron chi connectivity index (χ1n) is 15.1. The Labute approximate surface area is 226 Å². The highest BCUT2D eigenvalue weighted by Gasteiger charge is 2.70. The Morgan fingerprint density at radius 3 is 2.32 bits per heavy atom. The highest BCUT2D eigenvalue weighted by atomic mass is 16.6. The van der Waals surface area contributed by atoms with Gasteiger partial charge in [-0.1, -0.05) is 67.0 Å². The van der Waals surface area contributed by atoms with Gasteiger partial charge in [0.1, 0.15) is 12.7 Å². The molecule has 0 bridgehead atoms. The van der Waals surface area contributed by atoms with Crippen molar-refractivity contribution in [2.24, 2.45) is 50.2 Å². The van der Waals surface area contributed by atoms with Crippen LogP contribution in [0.3, 0.4) is 0 Å². The second-order valence-electron chi connectivity index (χ2n) is 16.2. The van der Waals surface area contributed by atoms with Crippen molar-refractivity contribution in [1.82, 2.24) is 0 Å². The van der Waals surface area contributed by atoms with E-state index in [9.17, 15) is 9.90 Å². The molecule has 0 spiro atoms. The summed E-state index contributed by atoms with van der Waals surface area (Å²) >= 11 is 0. The first kappa shape index (κ1) is 27.7. The summed E-state index contributed by atoms with van der Waals surface area (Å²) in [6, 6.07) is 0. The molecule has 4 saturated carbocycles. The molecule has 0 aliphatic heterocycles. The van der Waals surface area contributed by atoms with Gasteiger partial charge in [-0.3, -0.25) is 0 Å². The number of fused-ring (bicyclic) bond motifs is 7. The molecule has 5 aliphatic rings. The number of esters is 1. The third kappa shape index (κ3) is 3.77. The zero-order valence-corrected chi connectivity index (χ0v) is 25.2. The van der Waals surface area contributed by atoms with Crippen LogP contribution in [0, 0.1) is 50.2 Å². The average molecular weight is 515 g/mol. The van der Waals surface area contributed by atoms with E-state index in [1.54, 1.807) is 5.57 Å². The van der Waals surface area contributed by atoms with E-state index in [0.29, 0.717) is 35.0 Å². The maximum Gasteiger partial charge on any atom is 0.332 e. The fourth-order valence-electron chi connectivity index (χ4n) is 10.9. The molecule has 1 N–H and O–H groups in total. The molecule has 0 radical (unpaired) electrons. The minimum Gasteiger partial charge on any atom is -0.460 e. The summed E-state index contributed by atoms with van der Waals surface area (Å²) < 4.78 is 11.0. The van der Waals surface area contributed by atoms with Crippen molar-refractivity contribution in [3.05, 3.63) is 11.6 Å². The van der Waals surface area contributed by atoms with Crippen molar-refractivity contribution in [3.63, 3.8) is 0 Å². The van der Waals surface area contributed by atoms with Gasteiger partial charge in [0.2, 0.25) is 0 Å². The van der Waals surface area contributed by atoms with Gasteiger partial charge in [0.15, 0.2) is 0 Å². The number of methoxy groups -OCH3 is 1. The lowest BCUT2D eigenvalue weighted by Crippen LogP contribution is -2.68. The van der Waals surface area contributed by atoms with E-state index >= 15 is 0 Å². The number of hydrogen-bond donors (Lipinski definition) is 1. The molecule has 4 fully saturated rings. The summed E-state index contributed by atoms with van der Waals surface area (Å²) in [5, 5.41) is 11.9. The Balaban J connectivity index is 1.51. The summed E-state index contributed by atoms with van der Waals surface area (Å²) in [7, 11) is 1.52. The predicted octanol–water partition coefficient (Wildman–Crippen LogP) is 7.34. The highest BCUT2D eigenvalue weighted by molar-refractivity contribution is 5.71. The van der Waals surface area contributed by atoms with E-state index in [1.807, 2.05) is 0 Å². The van der Waals surface area contributed by atoms with Crippen LogP contribution in [0.25, 0.3) is 0 Å². The van der Waals surface area contributed by atoms with Gasteiger partial charge in [-0.05, 0) is 90.8 Å². The zero-order valence-electron chi connectivity index (χ0n) is 25.2. The molecule has 0 aromatic rings. The van der Waals surface area contributed by atoms with Crippen LogP contribution >= 0.6 is 0 Å². The van der Waals surface area contributed by atoms with E-state index < -0.39 is 6.10 Å². The van der Waals surface area contributed by atoms with Crippen LogP contribution in [0.5, 0.6) is 0 Å².